The molecule has 1 atom stereocenters. The molecule has 1 saturated carbocycles. The van der Waals surface area contributed by atoms with Crippen molar-refractivity contribution >= 4 is 5.78 Å². The van der Waals surface area contributed by atoms with Crippen LogP contribution in [0.5, 0.6) is 0 Å². The number of hydrogen-bond acceptors (Lipinski definition) is 3. The normalized spacial score (nSPS) is 34.3. The quantitative estimate of drug-likeness (QED) is 0.586. The molecule has 2 fully saturated rings. The van der Waals surface area contributed by atoms with Crippen LogP contribution < -0.4 is 0 Å². The number of carbonyl (C=O) groups excluding carboxylic acids is 1. The number of ether oxygens (including phenoxy) is 1. The monoisotopic (exact) mass is 156 g/mol. The minimum absolute atomic E-state index is 0.0110. The molecule has 1 aliphatic heterocycles. The van der Waals surface area contributed by atoms with Crippen LogP contribution in [0.25, 0.3) is 0 Å². The van der Waals surface area contributed by atoms with Crippen molar-refractivity contribution in [2.45, 2.75) is 25.4 Å². The Labute approximate surface area is 65.4 Å². The van der Waals surface area contributed by atoms with Crippen molar-refractivity contribution in [2.75, 3.05) is 13.2 Å². The summed E-state index contributed by atoms with van der Waals surface area (Å²) in [4.78, 5) is 10.7. The predicted molar refractivity (Wildman–Crippen MR) is 38.1 cm³/mol. The Morgan fingerprint density at radius 2 is 2.36 bits per heavy atom. The van der Waals surface area contributed by atoms with Gasteiger partial charge in [-0.3, -0.25) is 4.79 Å². The van der Waals surface area contributed by atoms with Crippen LogP contribution in [-0.4, -0.2) is 30.2 Å². The third-order valence-corrected chi connectivity index (χ3v) is 2.63. The van der Waals surface area contributed by atoms with Gasteiger partial charge in [0.05, 0.1) is 19.3 Å². The Bertz CT molecular complexity index is 180. The lowest BCUT2D eigenvalue weighted by atomic mass is 9.67. The molecule has 0 bridgehead atoms. The number of carbonyl (C=O) groups is 1. The van der Waals surface area contributed by atoms with Gasteiger partial charge in [0.1, 0.15) is 5.78 Å². The summed E-state index contributed by atoms with van der Waals surface area (Å²) in [6, 6.07) is 0. The zero-order chi connectivity index (χ0) is 7.90. The van der Waals surface area contributed by atoms with Crippen molar-refractivity contribution in [2.24, 2.45) is 5.41 Å². The first-order valence-corrected chi connectivity index (χ1v) is 3.98. The number of aliphatic hydroxyl groups is 1. The van der Waals surface area contributed by atoms with Gasteiger partial charge in [-0.05, 0) is 6.42 Å². The number of Topliss-reactive ketones (excluding diaryl/α,β-unsaturated/α-hetero) is 1. The molecular weight excluding hydrogens is 144 g/mol. The van der Waals surface area contributed by atoms with Crippen molar-refractivity contribution in [3.63, 3.8) is 0 Å². The third-order valence-electron chi connectivity index (χ3n) is 2.63. The molecule has 11 heavy (non-hydrogen) atoms. The van der Waals surface area contributed by atoms with Gasteiger partial charge in [0.25, 0.3) is 0 Å². The predicted octanol–water partition coefficient (Wildman–Crippen LogP) is 0.117. The summed E-state index contributed by atoms with van der Waals surface area (Å²) in [7, 11) is 0. The van der Waals surface area contributed by atoms with Gasteiger partial charge >= 0.3 is 0 Å². The molecule has 2 aliphatic rings. The number of rotatable bonds is 1. The summed E-state index contributed by atoms with van der Waals surface area (Å²) in [5.74, 6) is 0.340. The first-order chi connectivity index (χ1) is 5.24. The molecule has 0 aromatic carbocycles. The molecule has 1 heterocycles. The Kier molecular flexibility index (Phi) is 1.51. The van der Waals surface area contributed by atoms with Crippen LogP contribution >= 0.6 is 0 Å². The van der Waals surface area contributed by atoms with E-state index in [0.29, 0.717) is 25.2 Å². The van der Waals surface area contributed by atoms with E-state index in [1.54, 1.807) is 0 Å². The van der Waals surface area contributed by atoms with Crippen LogP contribution in [0, 0.1) is 5.41 Å². The number of aliphatic hydroxyl groups excluding tert-OH is 1. The van der Waals surface area contributed by atoms with Crippen LogP contribution in [0.15, 0.2) is 0 Å². The van der Waals surface area contributed by atoms with E-state index < -0.39 is 0 Å². The highest BCUT2D eigenvalue weighted by molar-refractivity contribution is 5.86. The molecule has 1 spiro atoms. The van der Waals surface area contributed by atoms with E-state index >= 15 is 0 Å². The van der Waals surface area contributed by atoms with Gasteiger partial charge in [-0.2, -0.15) is 0 Å². The minimum atomic E-state index is -0.0110. The standard InChI is InChI=1S/C8H12O3/c9-4-7-3-8(5-11-7)1-6(10)2-8/h7,9H,1-5H2. The second-order valence-corrected chi connectivity index (χ2v) is 3.71. The van der Waals surface area contributed by atoms with Crippen LogP contribution in [0.3, 0.4) is 0 Å². The average Bonchev–Trinajstić information content (AvgIpc) is 2.31. The molecule has 0 amide bonds. The highest BCUT2D eigenvalue weighted by Crippen LogP contribution is 2.46. The maximum atomic E-state index is 10.7. The largest absolute Gasteiger partial charge is 0.394 e. The fourth-order valence-corrected chi connectivity index (χ4v) is 2.04. The summed E-state index contributed by atoms with van der Waals surface area (Å²) in [6.07, 6.45) is 2.20. The summed E-state index contributed by atoms with van der Waals surface area (Å²) >= 11 is 0. The van der Waals surface area contributed by atoms with Crippen molar-refractivity contribution in [1.29, 1.82) is 0 Å². The van der Waals surface area contributed by atoms with Crippen molar-refractivity contribution < 1.29 is 14.6 Å². The summed E-state index contributed by atoms with van der Waals surface area (Å²) < 4.78 is 5.31. The van der Waals surface area contributed by atoms with E-state index in [1.165, 1.54) is 0 Å². The molecule has 3 nitrogen and oxygen atoms in total. The Morgan fingerprint density at radius 3 is 2.82 bits per heavy atom. The molecule has 0 aromatic rings. The van der Waals surface area contributed by atoms with Gasteiger partial charge in [-0.1, -0.05) is 0 Å². The lowest BCUT2D eigenvalue weighted by Crippen LogP contribution is -2.38. The maximum Gasteiger partial charge on any atom is 0.134 e. The van der Waals surface area contributed by atoms with Crippen LogP contribution in [-0.2, 0) is 9.53 Å². The van der Waals surface area contributed by atoms with Gasteiger partial charge in [0, 0.05) is 18.3 Å². The highest BCUT2D eigenvalue weighted by atomic mass is 16.5. The van der Waals surface area contributed by atoms with E-state index in [0.717, 1.165) is 6.42 Å². The van der Waals surface area contributed by atoms with Crippen molar-refractivity contribution in [1.82, 2.24) is 0 Å². The number of ketones is 1. The maximum absolute atomic E-state index is 10.7. The smallest absolute Gasteiger partial charge is 0.134 e. The molecule has 1 unspecified atom stereocenters. The average molecular weight is 156 g/mol. The van der Waals surface area contributed by atoms with Crippen molar-refractivity contribution in [3.8, 4) is 0 Å². The summed E-state index contributed by atoms with van der Waals surface area (Å²) in [5.41, 5.74) is 0.129. The summed E-state index contributed by atoms with van der Waals surface area (Å²) in [5, 5.41) is 8.77. The zero-order valence-electron chi connectivity index (χ0n) is 6.38. The first kappa shape index (κ1) is 7.25. The van der Waals surface area contributed by atoms with E-state index in [2.05, 4.69) is 0 Å². The molecule has 0 radical (unpaired) electrons. The van der Waals surface area contributed by atoms with Gasteiger partial charge in [0.2, 0.25) is 0 Å². The van der Waals surface area contributed by atoms with E-state index in [4.69, 9.17) is 9.84 Å². The molecule has 62 valence electrons. The highest BCUT2D eigenvalue weighted by Gasteiger charge is 2.49. The van der Waals surface area contributed by atoms with E-state index in [1.807, 2.05) is 0 Å². The lowest BCUT2D eigenvalue weighted by Gasteiger charge is -2.34. The second-order valence-electron chi connectivity index (χ2n) is 3.71. The molecule has 1 N–H and O–H groups in total. The third kappa shape index (κ3) is 1.08. The van der Waals surface area contributed by atoms with Gasteiger partial charge in [-0.25, -0.2) is 0 Å². The summed E-state index contributed by atoms with van der Waals surface area (Å²) in [6.45, 7) is 0.764. The molecular formula is C8H12O3. The Balaban J connectivity index is 1.94. The fourth-order valence-electron chi connectivity index (χ4n) is 2.04. The van der Waals surface area contributed by atoms with E-state index in [9.17, 15) is 4.79 Å². The molecule has 2 rings (SSSR count). The van der Waals surface area contributed by atoms with Crippen LogP contribution in [0.4, 0.5) is 0 Å². The fraction of sp³-hybridized carbons (Fsp3) is 0.875. The van der Waals surface area contributed by atoms with Crippen molar-refractivity contribution in [3.05, 3.63) is 0 Å². The zero-order valence-corrected chi connectivity index (χ0v) is 6.38. The molecule has 1 aliphatic carbocycles. The van der Waals surface area contributed by atoms with Gasteiger partial charge < -0.3 is 9.84 Å². The second kappa shape index (κ2) is 2.29. The minimum Gasteiger partial charge on any atom is -0.394 e. The first-order valence-electron chi connectivity index (χ1n) is 3.98. The molecule has 0 aromatic heterocycles. The van der Waals surface area contributed by atoms with Crippen LogP contribution in [0.1, 0.15) is 19.3 Å². The Morgan fingerprint density at radius 1 is 1.64 bits per heavy atom. The Hall–Kier alpha value is -0.410. The lowest BCUT2D eigenvalue weighted by molar-refractivity contribution is -0.132. The van der Waals surface area contributed by atoms with Gasteiger partial charge in [0.15, 0.2) is 0 Å². The number of hydrogen-bond donors (Lipinski definition) is 1. The van der Waals surface area contributed by atoms with Crippen LogP contribution in [0.2, 0.25) is 0 Å². The SMILES string of the molecule is O=C1CC2(COC(CO)C2)C1. The molecule has 1 saturated heterocycles. The topological polar surface area (TPSA) is 46.5 Å². The van der Waals surface area contributed by atoms with E-state index in [-0.39, 0.29) is 18.1 Å². The molecule has 3 heteroatoms. The van der Waals surface area contributed by atoms with Gasteiger partial charge in [-0.15, -0.1) is 0 Å².